The predicted molar refractivity (Wildman–Crippen MR) is 85.1 cm³/mol. The van der Waals surface area contributed by atoms with Gasteiger partial charge in [0.15, 0.2) is 0 Å². The molecule has 0 spiro atoms. The van der Waals surface area contributed by atoms with Gasteiger partial charge >= 0.3 is 0 Å². The van der Waals surface area contributed by atoms with Crippen LogP contribution in [0.4, 0.5) is 5.69 Å². The third-order valence-electron chi connectivity index (χ3n) is 3.02. The molecular weight excluding hydrogens is 272 g/mol. The molecular formula is C16H19ClN2O. The van der Waals surface area contributed by atoms with E-state index in [-0.39, 0.29) is 0 Å². The minimum absolute atomic E-state index is 0.564. The summed E-state index contributed by atoms with van der Waals surface area (Å²) in [5.41, 5.74) is 7.73. The van der Waals surface area contributed by atoms with E-state index in [1.165, 1.54) is 0 Å². The molecule has 0 atom stereocenters. The fourth-order valence-corrected chi connectivity index (χ4v) is 2.20. The number of hydrogen-bond donors (Lipinski definition) is 1. The van der Waals surface area contributed by atoms with Gasteiger partial charge in [-0.05, 0) is 36.7 Å². The van der Waals surface area contributed by atoms with Gasteiger partial charge in [0, 0.05) is 25.8 Å². The summed E-state index contributed by atoms with van der Waals surface area (Å²) >= 11 is 6.24. The molecule has 3 nitrogen and oxygen atoms in total. The van der Waals surface area contributed by atoms with Gasteiger partial charge in [-0.3, -0.25) is 0 Å². The Morgan fingerprint density at radius 1 is 1.15 bits per heavy atom. The topological polar surface area (TPSA) is 38.5 Å². The number of hydrogen-bond acceptors (Lipinski definition) is 3. The van der Waals surface area contributed by atoms with Crippen LogP contribution in [0.5, 0.6) is 11.5 Å². The van der Waals surface area contributed by atoms with Gasteiger partial charge in [0.25, 0.3) is 0 Å². The third kappa shape index (κ3) is 3.44. The number of ether oxygens (including phenoxy) is 1. The molecule has 4 heteroatoms. The highest BCUT2D eigenvalue weighted by Gasteiger charge is 2.09. The largest absolute Gasteiger partial charge is 0.455 e. The van der Waals surface area contributed by atoms with Crippen molar-refractivity contribution in [3.05, 3.63) is 53.1 Å². The number of rotatable bonds is 5. The molecule has 2 aromatic rings. The van der Waals surface area contributed by atoms with Gasteiger partial charge in [0.2, 0.25) is 0 Å². The van der Waals surface area contributed by atoms with Crippen LogP contribution < -0.4 is 15.4 Å². The fourth-order valence-electron chi connectivity index (χ4n) is 1.96. The summed E-state index contributed by atoms with van der Waals surface area (Å²) in [5.74, 6) is 1.46. The van der Waals surface area contributed by atoms with Crippen molar-refractivity contribution < 1.29 is 4.74 Å². The highest BCUT2D eigenvalue weighted by Crippen LogP contribution is 2.34. The molecule has 2 N–H and O–H groups in total. The first kappa shape index (κ1) is 14.7. The van der Waals surface area contributed by atoms with E-state index in [0.29, 0.717) is 17.3 Å². The zero-order valence-corrected chi connectivity index (χ0v) is 12.5. The minimum Gasteiger partial charge on any atom is -0.455 e. The normalized spacial score (nSPS) is 10.4. The second-order valence-corrected chi connectivity index (χ2v) is 5.17. The molecule has 0 radical (unpaired) electrons. The Hall–Kier alpha value is -1.71. The second kappa shape index (κ2) is 6.64. The lowest BCUT2D eigenvalue weighted by molar-refractivity contribution is 0.476. The quantitative estimate of drug-likeness (QED) is 0.912. The number of nitrogens with two attached hydrogens (primary N) is 1. The average molecular weight is 291 g/mol. The van der Waals surface area contributed by atoms with E-state index in [0.717, 1.165) is 23.4 Å². The Morgan fingerprint density at radius 3 is 2.60 bits per heavy atom. The van der Waals surface area contributed by atoms with Gasteiger partial charge in [0.05, 0.1) is 5.02 Å². The van der Waals surface area contributed by atoms with Crippen molar-refractivity contribution in [3.63, 3.8) is 0 Å². The van der Waals surface area contributed by atoms with Gasteiger partial charge in [-0.1, -0.05) is 29.8 Å². The van der Waals surface area contributed by atoms with Crippen molar-refractivity contribution in [2.45, 2.75) is 6.42 Å². The van der Waals surface area contributed by atoms with Crippen LogP contribution in [0, 0.1) is 0 Å². The molecule has 0 aliphatic carbocycles. The molecule has 0 heterocycles. The lowest BCUT2D eigenvalue weighted by Gasteiger charge is -2.16. The van der Waals surface area contributed by atoms with Gasteiger partial charge in [-0.15, -0.1) is 0 Å². The molecule has 106 valence electrons. The van der Waals surface area contributed by atoms with Crippen LogP contribution in [-0.4, -0.2) is 20.6 Å². The SMILES string of the molecule is CN(C)c1cccc(Oc2c(Cl)cccc2CCN)c1. The monoisotopic (exact) mass is 290 g/mol. The second-order valence-electron chi connectivity index (χ2n) is 4.76. The molecule has 0 unspecified atom stereocenters. The number of anilines is 1. The van der Waals surface area contributed by atoms with Crippen LogP contribution in [0.2, 0.25) is 5.02 Å². The van der Waals surface area contributed by atoms with E-state index >= 15 is 0 Å². The van der Waals surface area contributed by atoms with Crippen LogP contribution in [0.15, 0.2) is 42.5 Å². The maximum atomic E-state index is 6.24. The summed E-state index contributed by atoms with van der Waals surface area (Å²) in [6, 6.07) is 13.6. The third-order valence-corrected chi connectivity index (χ3v) is 3.31. The predicted octanol–water partition coefficient (Wildman–Crippen LogP) is 3.70. The zero-order valence-electron chi connectivity index (χ0n) is 11.8. The minimum atomic E-state index is 0.564. The summed E-state index contributed by atoms with van der Waals surface area (Å²) < 4.78 is 5.97. The van der Waals surface area contributed by atoms with Crippen LogP contribution in [0.1, 0.15) is 5.56 Å². The van der Waals surface area contributed by atoms with E-state index in [2.05, 4.69) is 0 Å². The van der Waals surface area contributed by atoms with Gasteiger partial charge in [-0.25, -0.2) is 0 Å². The van der Waals surface area contributed by atoms with Gasteiger partial charge in [0.1, 0.15) is 11.5 Å². The molecule has 20 heavy (non-hydrogen) atoms. The Labute approximate surface area is 124 Å². The smallest absolute Gasteiger partial charge is 0.149 e. The number of halogens is 1. The van der Waals surface area contributed by atoms with Crippen LogP contribution >= 0.6 is 11.6 Å². The number of nitrogens with zero attached hydrogens (tertiary/aromatic N) is 1. The molecule has 0 bridgehead atoms. The number of benzene rings is 2. The number of para-hydroxylation sites is 1. The van der Waals surface area contributed by atoms with E-state index in [1.54, 1.807) is 0 Å². The zero-order chi connectivity index (χ0) is 14.5. The van der Waals surface area contributed by atoms with Crippen molar-refractivity contribution in [1.29, 1.82) is 0 Å². The first-order chi connectivity index (χ1) is 9.61. The Balaban J connectivity index is 2.32. The average Bonchev–Trinajstić information content (AvgIpc) is 2.43. The molecule has 2 rings (SSSR count). The summed E-state index contributed by atoms with van der Waals surface area (Å²) in [5, 5.41) is 0.603. The summed E-state index contributed by atoms with van der Waals surface area (Å²) in [6.07, 6.45) is 0.739. The van der Waals surface area contributed by atoms with E-state index < -0.39 is 0 Å². The standard InChI is InChI=1S/C16H19ClN2O/c1-19(2)13-6-4-7-14(11-13)20-16-12(9-10-18)5-3-8-15(16)17/h3-8,11H,9-10,18H2,1-2H3. The van der Waals surface area contributed by atoms with Crippen molar-refractivity contribution in [2.75, 3.05) is 25.5 Å². The maximum Gasteiger partial charge on any atom is 0.149 e. The molecule has 0 aliphatic rings. The van der Waals surface area contributed by atoms with Gasteiger partial charge < -0.3 is 15.4 Å². The van der Waals surface area contributed by atoms with Crippen molar-refractivity contribution in [3.8, 4) is 11.5 Å². The summed E-state index contributed by atoms with van der Waals surface area (Å²) in [4.78, 5) is 2.03. The van der Waals surface area contributed by atoms with Crippen LogP contribution in [0.3, 0.4) is 0 Å². The Morgan fingerprint density at radius 2 is 1.90 bits per heavy atom. The van der Waals surface area contributed by atoms with Crippen molar-refractivity contribution >= 4 is 17.3 Å². The van der Waals surface area contributed by atoms with E-state index in [9.17, 15) is 0 Å². The summed E-state index contributed by atoms with van der Waals surface area (Å²) in [6.45, 7) is 0.564. The first-order valence-corrected chi connectivity index (χ1v) is 6.92. The molecule has 0 saturated carbocycles. The molecule has 0 fully saturated rings. The van der Waals surface area contributed by atoms with Crippen molar-refractivity contribution in [1.82, 2.24) is 0 Å². The van der Waals surface area contributed by atoms with Crippen LogP contribution in [0.25, 0.3) is 0 Å². The molecule has 0 aliphatic heterocycles. The highest BCUT2D eigenvalue weighted by molar-refractivity contribution is 6.32. The van der Waals surface area contributed by atoms with Gasteiger partial charge in [-0.2, -0.15) is 0 Å². The van der Waals surface area contributed by atoms with Crippen LogP contribution in [-0.2, 0) is 6.42 Å². The fraction of sp³-hybridized carbons (Fsp3) is 0.250. The van der Waals surface area contributed by atoms with E-state index in [1.807, 2.05) is 61.5 Å². The summed E-state index contributed by atoms with van der Waals surface area (Å²) in [7, 11) is 3.99. The molecule has 2 aromatic carbocycles. The first-order valence-electron chi connectivity index (χ1n) is 6.54. The lowest BCUT2D eigenvalue weighted by Crippen LogP contribution is -2.08. The van der Waals surface area contributed by atoms with E-state index in [4.69, 9.17) is 22.1 Å². The maximum absolute atomic E-state index is 6.24. The highest BCUT2D eigenvalue weighted by atomic mass is 35.5. The van der Waals surface area contributed by atoms with Crippen molar-refractivity contribution in [2.24, 2.45) is 5.73 Å². The Bertz CT molecular complexity index is 584. The molecule has 0 amide bonds. The molecule has 0 aromatic heterocycles. The molecule has 0 saturated heterocycles. The lowest BCUT2D eigenvalue weighted by atomic mass is 10.1. The Kier molecular flexibility index (Phi) is 4.88.